The topological polar surface area (TPSA) is 35.5 Å². The second kappa shape index (κ2) is 10.9. The van der Waals surface area contributed by atoms with Gasteiger partial charge in [-0.2, -0.15) is 79.0 Å². The number of carbonyl (C=O) groups excluding carboxylic acids is 1. The van der Waals surface area contributed by atoms with Crippen molar-refractivity contribution in [3.05, 3.63) is 68.8 Å². The highest BCUT2D eigenvalue weighted by atomic mass is 19.4. The molecule has 3 nitrogen and oxygen atoms in total. The van der Waals surface area contributed by atoms with E-state index in [-0.39, 0.29) is 12.1 Å². The number of halogens is 18. The Balaban J connectivity index is 2.47. The fourth-order valence-electron chi connectivity index (χ4n) is 3.56. The van der Waals surface area contributed by atoms with Gasteiger partial charge in [0.05, 0.1) is 33.4 Å². The van der Waals surface area contributed by atoms with Gasteiger partial charge in [-0.3, -0.25) is 0 Å². The predicted octanol–water partition coefficient (Wildman–Crippen LogP) is 9.65. The van der Waals surface area contributed by atoms with Crippen molar-refractivity contribution in [2.45, 2.75) is 50.3 Å². The fourth-order valence-corrected chi connectivity index (χ4v) is 3.56. The minimum absolute atomic E-state index is 0.179. The first-order chi connectivity index (χ1) is 18.6. The highest BCUT2D eigenvalue weighted by molar-refractivity contribution is 5.60. The predicted molar refractivity (Wildman–Crippen MR) is 97.9 cm³/mol. The maximum absolute atomic E-state index is 13.4. The third-order valence-corrected chi connectivity index (χ3v) is 5.02. The van der Waals surface area contributed by atoms with Crippen molar-refractivity contribution in [3.8, 4) is 0 Å². The Kier molecular flexibility index (Phi) is 9.02. The van der Waals surface area contributed by atoms with Crippen LogP contribution in [0.4, 0.5) is 83.8 Å². The van der Waals surface area contributed by atoms with E-state index in [2.05, 4.69) is 9.47 Å². The molecule has 2 aromatic carbocycles. The van der Waals surface area contributed by atoms with E-state index in [0.29, 0.717) is 0 Å². The maximum atomic E-state index is 13.4. The highest BCUT2D eigenvalue weighted by Gasteiger charge is 2.52. The quantitative estimate of drug-likeness (QED) is 0.244. The van der Waals surface area contributed by atoms with Gasteiger partial charge in [0.25, 0.3) is 0 Å². The number of alkyl halides is 18. The minimum Gasteiger partial charge on any atom is -0.429 e. The lowest BCUT2D eigenvalue weighted by molar-refractivity contribution is -0.175. The van der Waals surface area contributed by atoms with Crippen LogP contribution in [0.5, 0.6) is 0 Å². The van der Waals surface area contributed by atoms with Crippen LogP contribution in [0, 0.1) is 0 Å². The van der Waals surface area contributed by atoms with Crippen LogP contribution in [-0.4, -0.2) is 6.16 Å². The Morgan fingerprint density at radius 1 is 0.429 bits per heavy atom. The van der Waals surface area contributed by atoms with Crippen LogP contribution in [0.1, 0.15) is 44.5 Å². The molecule has 2 rings (SSSR count). The van der Waals surface area contributed by atoms with Gasteiger partial charge in [0.1, 0.15) is 13.2 Å². The first kappa shape index (κ1) is 34.7. The van der Waals surface area contributed by atoms with E-state index in [4.69, 9.17) is 0 Å². The standard InChI is InChI=1S/C21H8F18O3/c22-16(23,24)9-3-1-7(11(18(28,29)30)13(9)20(34,35)36)5-41-15(40)42-6-8-2-4-10(17(25,26)27)14(21(37,38)39)12(8)19(31,32)33/h1-4H,5-6H2. The summed E-state index contributed by atoms with van der Waals surface area (Å²) < 4.78 is 246. The lowest BCUT2D eigenvalue weighted by Gasteiger charge is -2.23. The molecule has 0 aliphatic heterocycles. The molecule has 0 atom stereocenters. The first-order valence-electron chi connectivity index (χ1n) is 10.1. The number of ether oxygens (including phenoxy) is 2. The molecule has 0 heterocycles. The fraction of sp³-hybridized carbons (Fsp3) is 0.381. The zero-order valence-electron chi connectivity index (χ0n) is 19.3. The average molecular weight is 650 g/mol. The van der Waals surface area contributed by atoms with Gasteiger partial charge < -0.3 is 9.47 Å². The third-order valence-electron chi connectivity index (χ3n) is 5.02. The Bertz CT molecular complexity index is 1210. The molecule has 0 aliphatic rings. The van der Waals surface area contributed by atoms with Crippen LogP contribution in [0.3, 0.4) is 0 Å². The molecule has 0 bridgehead atoms. The van der Waals surface area contributed by atoms with Crippen LogP contribution in [-0.2, 0) is 59.7 Å². The summed E-state index contributed by atoms with van der Waals surface area (Å²) in [4.78, 5) is 11.7. The Morgan fingerprint density at radius 2 is 0.690 bits per heavy atom. The van der Waals surface area contributed by atoms with Gasteiger partial charge in [-0.05, 0) is 12.1 Å². The lowest BCUT2D eigenvalue weighted by atomic mass is 9.94. The summed E-state index contributed by atoms with van der Waals surface area (Å²) in [6.45, 7) is -3.91. The molecule has 0 amide bonds. The molecule has 236 valence electrons. The van der Waals surface area contributed by atoms with Gasteiger partial charge in [0, 0.05) is 11.1 Å². The number of rotatable bonds is 4. The van der Waals surface area contributed by atoms with E-state index < -0.39 is 113 Å². The molecule has 0 radical (unpaired) electrons. The summed E-state index contributed by atoms with van der Waals surface area (Å²) in [7, 11) is 0. The van der Waals surface area contributed by atoms with Crippen molar-refractivity contribution < 1.29 is 93.3 Å². The summed E-state index contributed by atoms with van der Waals surface area (Å²) in [5.41, 5.74) is -21.5. The summed E-state index contributed by atoms with van der Waals surface area (Å²) in [5.74, 6) is 0. The molecule has 2 aromatic rings. The number of hydrogen-bond acceptors (Lipinski definition) is 3. The monoisotopic (exact) mass is 650 g/mol. The number of benzene rings is 2. The molecule has 0 spiro atoms. The summed E-state index contributed by atoms with van der Waals surface area (Å²) in [6, 6.07) is -1.25. The molecular formula is C21H8F18O3. The van der Waals surface area contributed by atoms with Gasteiger partial charge in [-0.15, -0.1) is 0 Å². The van der Waals surface area contributed by atoms with E-state index in [1.807, 2.05) is 0 Å². The van der Waals surface area contributed by atoms with Crippen LogP contribution in [0.15, 0.2) is 24.3 Å². The normalized spacial score (nSPS) is 13.8. The van der Waals surface area contributed by atoms with Gasteiger partial charge in [0.15, 0.2) is 0 Å². The van der Waals surface area contributed by atoms with Crippen LogP contribution >= 0.6 is 0 Å². The Labute approximate surface area is 219 Å². The van der Waals surface area contributed by atoms with Crippen molar-refractivity contribution >= 4 is 6.16 Å². The van der Waals surface area contributed by atoms with Crippen molar-refractivity contribution in [1.29, 1.82) is 0 Å². The maximum Gasteiger partial charge on any atom is 0.508 e. The molecular weight excluding hydrogens is 642 g/mol. The van der Waals surface area contributed by atoms with Gasteiger partial charge in [-0.25, -0.2) is 4.79 Å². The van der Waals surface area contributed by atoms with Crippen LogP contribution < -0.4 is 0 Å². The summed E-state index contributed by atoms with van der Waals surface area (Å²) in [6.07, 6.45) is -39.2. The number of carbonyl (C=O) groups is 1. The zero-order valence-corrected chi connectivity index (χ0v) is 19.3. The van der Waals surface area contributed by atoms with Crippen LogP contribution in [0.25, 0.3) is 0 Å². The molecule has 0 fully saturated rings. The zero-order chi connectivity index (χ0) is 32.9. The Hall–Kier alpha value is -3.55. The Morgan fingerprint density at radius 3 is 0.905 bits per heavy atom. The SMILES string of the molecule is O=C(OCc1ccc(C(F)(F)F)c(C(F)(F)F)c1C(F)(F)F)OCc1ccc(C(F)(F)F)c(C(F)(F)F)c1C(F)(F)F. The van der Waals surface area contributed by atoms with Crippen molar-refractivity contribution in [1.82, 2.24) is 0 Å². The first-order valence-corrected chi connectivity index (χ1v) is 10.1. The van der Waals surface area contributed by atoms with Crippen molar-refractivity contribution in [2.24, 2.45) is 0 Å². The third kappa shape index (κ3) is 7.84. The van der Waals surface area contributed by atoms with Gasteiger partial charge in [-0.1, -0.05) is 12.1 Å². The summed E-state index contributed by atoms with van der Waals surface area (Å²) in [5, 5.41) is 0. The van der Waals surface area contributed by atoms with Crippen molar-refractivity contribution in [3.63, 3.8) is 0 Å². The molecule has 0 unspecified atom stereocenters. The number of hydrogen-bond donors (Lipinski definition) is 0. The van der Waals surface area contributed by atoms with E-state index in [0.717, 1.165) is 0 Å². The highest BCUT2D eigenvalue weighted by Crippen LogP contribution is 2.49. The largest absolute Gasteiger partial charge is 0.508 e. The van der Waals surface area contributed by atoms with E-state index in [9.17, 15) is 83.8 Å². The van der Waals surface area contributed by atoms with Gasteiger partial charge in [0.2, 0.25) is 0 Å². The molecule has 42 heavy (non-hydrogen) atoms. The lowest BCUT2D eigenvalue weighted by Crippen LogP contribution is -2.25. The minimum atomic E-state index is -6.28. The summed E-state index contributed by atoms with van der Waals surface area (Å²) >= 11 is 0. The molecule has 0 N–H and O–H groups in total. The second-order valence-corrected chi connectivity index (χ2v) is 7.86. The average Bonchev–Trinajstić information content (AvgIpc) is 2.76. The molecule has 0 aliphatic carbocycles. The van der Waals surface area contributed by atoms with E-state index >= 15 is 0 Å². The molecule has 0 saturated carbocycles. The van der Waals surface area contributed by atoms with E-state index in [1.54, 1.807) is 0 Å². The van der Waals surface area contributed by atoms with Crippen LogP contribution in [0.2, 0.25) is 0 Å². The molecule has 0 saturated heterocycles. The smallest absolute Gasteiger partial charge is 0.429 e. The molecule has 0 aromatic heterocycles. The second-order valence-electron chi connectivity index (χ2n) is 7.86. The molecule has 21 heteroatoms. The van der Waals surface area contributed by atoms with Crippen molar-refractivity contribution in [2.75, 3.05) is 0 Å². The van der Waals surface area contributed by atoms with E-state index in [1.165, 1.54) is 0 Å². The van der Waals surface area contributed by atoms with Gasteiger partial charge >= 0.3 is 43.2 Å².